The van der Waals surface area contributed by atoms with Gasteiger partial charge in [0.05, 0.1) is 13.0 Å². The summed E-state index contributed by atoms with van der Waals surface area (Å²) in [6.07, 6.45) is 0. The van der Waals surface area contributed by atoms with Gasteiger partial charge in [-0.25, -0.2) is 9.59 Å². The molecular formula is C11H18N2O5. The third-order valence-electron chi connectivity index (χ3n) is 3.19. The highest BCUT2D eigenvalue weighted by molar-refractivity contribution is 5.83. The minimum Gasteiger partial charge on any atom is -0.481 e. The van der Waals surface area contributed by atoms with E-state index in [2.05, 4.69) is 10.1 Å². The molecule has 0 radical (unpaired) electrons. The Morgan fingerprint density at radius 2 is 1.89 bits per heavy atom. The maximum Gasteiger partial charge on any atom is 0.328 e. The predicted molar refractivity (Wildman–Crippen MR) is 61.9 cm³/mol. The van der Waals surface area contributed by atoms with E-state index in [-0.39, 0.29) is 11.9 Å². The number of aliphatic carboxylic acids is 1. The Morgan fingerprint density at radius 3 is 2.33 bits per heavy atom. The summed E-state index contributed by atoms with van der Waals surface area (Å²) in [5.74, 6) is -1.86. The average molecular weight is 258 g/mol. The van der Waals surface area contributed by atoms with Crippen molar-refractivity contribution in [2.45, 2.75) is 19.9 Å². The van der Waals surface area contributed by atoms with Crippen LogP contribution in [0.2, 0.25) is 0 Å². The van der Waals surface area contributed by atoms with E-state index in [4.69, 9.17) is 5.11 Å². The molecule has 0 aromatic carbocycles. The van der Waals surface area contributed by atoms with E-state index in [1.165, 1.54) is 18.9 Å². The summed E-state index contributed by atoms with van der Waals surface area (Å²) in [6, 6.07) is -1.08. The third kappa shape index (κ3) is 3.12. The Kier molecular flexibility index (Phi) is 4.52. The van der Waals surface area contributed by atoms with E-state index in [0.29, 0.717) is 13.1 Å². The Hall–Kier alpha value is -1.79. The molecule has 102 valence electrons. The van der Waals surface area contributed by atoms with Gasteiger partial charge in [0.25, 0.3) is 0 Å². The Bertz CT molecular complexity index is 351. The van der Waals surface area contributed by atoms with Crippen LogP contribution >= 0.6 is 0 Å². The molecule has 2 unspecified atom stereocenters. The van der Waals surface area contributed by atoms with Gasteiger partial charge in [0.1, 0.15) is 6.04 Å². The molecule has 18 heavy (non-hydrogen) atoms. The number of carboxylic acids is 1. The first-order chi connectivity index (χ1) is 8.36. The van der Waals surface area contributed by atoms with Crippen LogP contribution in [0.15, 0.2) is 0 Å². The number of hydrogen-bond acceptors (Lipinski definition) is 4. The second-order valence-electron chi connectivity index (χ2n) is 4.49. The first-order valence-electron chi connectivity index (χ1n) is 5.72. The fourth-order valence-electron chi connectivity index (χ4n) is 1.71. The number of carbonyl (C=O) groups is 3. The summed E-state index contributed by atoms with van der Waals surface area (Å²) in [5.41, 5.74) is 0. The number of nitrogens with zero attached hydrogens (tertiary/aromatic N) is 1. The summed E-state index contributed by atoms with van der Waals surface area (Å²) >= 11 is 0. The van der Waals surface area contributed by atoms with Crippen molar-refractivity contribution >= 4 is 18.0 Å². The molecule has 0 aromatic heterocycles. The summed E-state index contributed by atoms with van der Waals surface area (Å²) in [7, 11) is 1.25. The lowest BCUT2D eigenvalue weighted by Crippen LogP contribution is -2.58. The molecule has 0 aromatic rings. The minimum atomic E-state index is -0.858. The fourth-order valence-corrected chi connectivity index (χ4v) is 1.71. The van der Waals surface area contributed by atoms with Crippen LogP contribution in [0.5, 0.6) is 0 Å². The van der Waals surface area contributed by atoms with Gasteiger partial charge in [0, 0.05) is 19.0 Å². The molecule has 2 N–H and O–H groups in total. The van der Waals surface area contributed by atoms with E-state index in [1.54, 1.807) is 6.92 Å². The predicted octanol–water partition coefficient (Wildman–Crippen LogP) is -0.0900. The monoisotopic (exact) mass is 258 g/mol. The van der Waals surface area contributed by atoms with E-state index in [1.807, 2.05) is 0 Å². The molecular weight excluding hydrogens is 240 g/mol. The number of esters is 1. The van der Waals surface area contributed by atoms with Crippen molar-refractivity contribution in [2.24, 2.45) is 11.8 Å². The lowest BCUT2D eigenvalue weighted by atomic mass is 9.87. The molecule has 0 spiro atoms. The first-order valence-corrected chi connectivity index (χ1v) is 5.72. The molecule has 0 saturated carbocycles. The normalized spacial score (nSPS) is 18.5. The maximum atomic E-state index is 11.7. The molecule has 0 aliphatic carbocycles. The van der Waals surface area contributed by atoms with Gasteiger partial charge in [-0.3, -0.25) is 4.79 Å². The molecule has 1 heterocycles. The lowest BCUT2D eigenvalue weighted by molar-refractivity contribution is -0.144. The number of ether oxygens (including phenoxy) is 1. The van der Waals surface area contributed by atoms with Crippen LogP contribution in [0.4, 0.5) is 4.79 Å². The number of methoxy groups -OCH3 is 1. The molecule has 1 aliphatic heterocycles. The summed E-state index contributed by atoms with van der Waals surface area (Å²) in [6.45, 7) is 3.95. The second-order valence-corrected chi connectivity index (χ2v) is 4.49. The topological polar surface area (TPSA) is 95.9 Å². The number of carbonyl (C=O) groups excluding carboxylic acids is 2. The van der Waals surface area contributed by atoms with E-state index >= 15 is 0 Å². The summed E-state index contributed by atoms with van der Waals surface area (Å²) < 4.78 is 4.49. The molecule has 1 fully saturated rings. The number of carboxylic acid groups (broad SMARTS) is 1. The number of hydrogen-bond donors (Lipinski definition) is 2. The van der Waals surface area contributed by atoms with Crippen LogP contribution in [0, 0.1) is 11.8 Å². The van der Waals surface area contributed by atoms with E-state index in [0.717, 1.165) is 0 Å². The second kappa shape index (κ2) is 5.70. The number of rotatable bonds is 4. The van der Waals surface area contributed by atoms with Crippen LogP contribution in [-0.4, -0.2) is 54.2 Å². The lowest BCUT2D eigenvalue weighted by Gasteiger charge is -2.41. The van der Waals surface area contributed by atoms with E-state index in [9.17, 15) is 14.4 Å². The van der Waals surface area contributed by atoms with Gasteiger partial charge < -0.3 is 20.1 Å². The van der Waals surface area contributed by atoms with Gasteiger partial charge in [-0.2, -0.15) is 0 Å². The van der Waals surface area contributed by atoms with Crippen molar-refractivity contribution in [3.8, 4) is 0 Å². The summed E-state index contributed by atoms with van der Waals surface area (Å²) in [5, 5.41) is 11.3. The van der Waals surface area contributed by atoms with Gasteiger partial charge in [0.15, 0.2) is 0 Å². The van der Waals surface area contributed by atoms with Crippen molar-refractivity contribution in [2.75, 3.05) is 20.2 Å². The first kappa shape index (κ1) is 14.3. The molecule has 2 atom stereocenters. The van der Waals surface area contributed by atoms with Gasteiger partial charge in [0.2, 0.25) is 0 Å². The Morgan fingerprint density at radius 1 is 1.33 bits per heavy atom. The van der Waals surface area contributed by atoms with Gasteiger partial charge >= 0.3 is 18.0 Å². The highest BCUT2D eigenvalue weighted by Gasteiger charge is 2.37. The SMILES string of the molecule is COC(=O)C(C)NC(=O)N1CC(C(C)C(=O)O)C1. The van der Waals surface area contributed by atoms with Crippen LogP contribution in [-0.2, 0) is 14.3 Å². The number of amides is 2. The molecule has 0 bridgehead atoms. The van der Waals surface area contributed by atoms with Crippen molar-refractivity contribution in [3.05, 3.63) is 0 Å². The van der Waals surface area contributed by atoms with Crippen LogP contribution in [0.25, 0.3) is 0 Å². The van der Waals surface area contributed by atoms with Crippen molar-refractivity contribution in [1.82, 2.24) is 10.2 Å². The Balaban J connectivity index is 2.35. The average Bonchev–Trinajstić information content (AvgIpc) is 2.25. The Labute approximate surface area is 105 Å². The number of likely N-dealkylation sites (tertiary alicyclic amines) is 1. The number of nitrogens with one attached hydrogen (secondary N) is 1. The van der Waals surface area contributed by atoms with Crippen LogP contribution in [0.3, 0.4) is 0 Å². The van der Waals surface area contributed by atoms with Crippen LogP contribution < -0.4 is 5.32 Å². The highest BCUT2D eigenvalue weighted by Crippen LogP contribution is 2.23. The fraction of sp³-hybridized carbons (Fsp3) is 0.727. The maximum absolute atomic E-state index is 11.7. The van der Waals surface area contributed by atoms with Gasteiger partial charge in [-0.1, -0.05) is 6.92 Å². The van der Waals surface area contributed by atoms with Crippen molar-refractivity contribution in [1.29, 1.82) is 0 Å². The van der Waals surface area contributed by atoms with Crippen molar-refractivity contribution < 1.29 is 24.2 Å². The third-order valence-corrected chi connectivity index (χ3v) is 3.19. The zero-order chi connectivity index (χ0) is 13.9. The molecule has 1 aliphatic rings. The molecule has 1 rings (SSSR count). The molecule has 2 amide bonds. The van der Waals surface area contributed by atoms with Crippen LogP contribution in [0.1, 0.15) is 13.8 Å². The van der Waals surface area contributed by atoms with Gasteiger partial charge in [-0.15, -0.1) is 0 Å². The van der Waals surface area contributed by atoms with E-state index < -0.39 is 23.9 Å². The largest absolute Gasteiger partial charge is 0.481 e. The highest BCUT2D eigenvalue weighted by atomic mass is 16.5. The zero-order valence-electron chi connectivity index (χ0n) is 10.7. The molecule has 7 nitrogen and oxygen atoms in total. The molecule has 7 heteroatoms. The van der Waals surface area contributed by atoms with Gasteiger partial charge in [-0.05, 0) is 6.92 Å². The van der Waals surface area contributed by atoms with Crippen molar-refractivity contribution in [3.63, 3.8) is 0 Å². The standard InChI is InChI=1S/C11H18N2O5/c1-6(9(14)15)8-4-13(5-8)11(17)12-7(2)10(16)18-3/h6-8H,4-5H2,1-3H3,(H,12,17)(H,14,15). The zero-order valence-corrected chi connectivity index (χ0v) is 10.7. The minimum absolute atomic E-state index is 0.0262. The summed E-state index contributed by atoms with van der Waals surface area (Å²) in [4.78, 5) is 35.0. The smallest absolute Gasteiger partial charge is 0.328 e. The molecule has 1 saturated heterocycles. The number of urea groups is 1. The quantitative estimate of drug-likeness (QED) is 0.687.